The van der Waals surface area contributed by atoms with E-state index in [1.165, 1.54) is 4.90 Å². The smallest absolute Gasteiger partial charge is 0.410 e. The lowest BCUT2D eigenvalue weighted by Gasteiger charge is -2.42. The molecule has 246 valence electrons. The van der Waals surface area contributed by atoms with Crippen molar-refractivity contribution < 1.29 is 29.3 Å². The summed E-state index contributed by atoms with van der Waals surface area (Å²) in [5.41, 5.74) is 1.73. The van der Waals surface area contributed by atoms with Crippen LogP contribution < -0.4 is 10.6 Å². The van der Waals surface area contributed by atoms with E-state index in [9.17, 15) is 24.6 Å². The molecular formula is C35H50N4O6. The van der Waals surface area contributed by atoms with Crippen LogP contribution in [0.1, 0.15) is 70.7 Å². The average Bonchev–Trinajstić information content (AvgIpc) is 3.26. The second kappa shape index (κ2) is 14.3. The number of β-amino-alcohol motifs (C(OH)–C–C–N with tert-alkyl or cyclic N) is 1. The number of nitrogens with zero attached hydrogens (tertiary/aromatic N) is 2. The van der Waals surface area contributed by atoms with Crippen LogP contribution >= 0.6 is 0 Å². The first kappa shape index (κ1) is 34.4. The van der Waals surface area contributed by atoms with Crippen molar-refractivity contribution in [3.63, 3.8) is 0 Å². The number of amides is 3. The molecule has 1 heterocycles. The highest BCUT2D eigenvalue weighted by Gasteiger charge is 2.39. The van der Waals surface area contributed by atoms with E-state index in [4.69, 9.17) is 4.74 Å². The van der Waals surface area contributed by atoms with Gasteiger partial charge >= 0.3 is 6.09 Å². The number of carbonyl (C=O) groups is 3. The predicted molar refractivity (Wildman–Crippen MR) is 172 cm³/mol. The number of benzene rings is 2. The normalized spacial score (nSPS) is 21.9. The van der Waals surface area contributed by atoms with E-state index < -0.39 is 47.4 Å². The van der Waals surface area contributed by atoms with Crippen LogP contribution in [0.4, 0.5) is 4.79 Å². The van der Waals surface area contributed by atoms with Gasteiger partial charge in [-0.15, -0.1) is 0 Å². The molecule has 1 aliphatic carbocycles. The first-order valence-corrected chi connectivity index (χ1v) is 15.9. The van der Waals surface area contributed by atoms with Gasteiger partial charge in [-0.25, -0.2) is 4.79 Å². The second-order valence-electron chi connectivity index (χ2n) is 14.4. The average molecular weight is 623 g/mol. The Morgan fingerprint density at radius 1 is 0.978 bits per heavy atom. The van der Waals surface area contributed by atoms with Crippen molar-refractivity contribution in [2.45, 2.75) is 96.2 Å². The van der Waals surface area contributed by atoms with Crippen LogP contribution in [0.3, 0.4) is 0 Å². The van der Waals surface area contributed by atoms with Crippen molar-refractivity contribution in [3.05, 3.63) is 71.3 Å². The van der Waals surface area contributed by atoms with E-state index in [0.29, 0.717) is 25.9 Å². The van der Waals surface area contributed by atoms with Crippen LogP contribution in [0.5, 0.6) is 0 Å². The zero-order chi connectivity index (χ0) is 32.9. The summed E-state index contributed by atoms with van der Waals surface area (Å²) in [6.45, 7) is 12.1. The van der Waals surface area contributed by atoms with Crippen molar-refractivity contribution in [2.75, 3.05) is 26.2 Å². The molecule has 0 saturated carbocycles. The lowest BCUT2D eigenvalue weighted by molar-refractivity contribution is -0.132. The Morgan fingerprint density at radius 2 is 1.64 bits per heavy atom. The second-order valence-corrected chi connectivity index (χ2v) is 14.4. The molecule has 0 bridgehead atoms. The van der Waals surface area contributed by atoms with Crippen molar-refractivity contribution in [2.24, 2.45) is 5.92 Å². The number of aliphatic hydroxyl groups excluding tert-OH is 2. The van der Waals surface area contributed by atoms with Crippen LogP contribution in [0, 0.1) is 5.92 Å². The molecular weight excluding hydrogens is 572 g/mol. The number of nitrogens with one attached hydrogen (secondary N) is 2. The van der Waals surface area contributed by atoms with Gasteiger partial charge in [-0.05, 0) is 71.1 Å². The fraction of sp³-hybridized carbons (Fsp3) is 0.571. The monoisotopic (exact) mass is 622 g/mol. The first-order chi connectivity index (χ1) is 21.1. The third kappa shape index (κ3) is 9.76. The number of rotatable bonds is 9. The molecule has 0 spiro atoms. The molecule has 4 N–H and O–H groups in total. The summed E-state index contributed by atoms with van der Waals surface area (Å²) in [6, 6.07) is 16.1. The molecule has 2 aliphatic rings. The fourth-order valence-electron chi connectivity index (χ4n) is 6.11. The maximum atomic E-state index is 13.8. The quantitative estimate of drug-likeness (QED) is 0.338. The Kier molecular flexibility index (Phi) is 10.9. The largest absolute Gasteiger partial charge is 0.444 e. The molecule has 0 radical (unpaired) electrons. The minimum absolute atomic E-state index is 0.121. The third-order valence-electron chi connectivity index (χ3n) is 8.14. The Labute approximate surface area is 267 Å². The molecule has 5 atom stereocenters. The highest BCUT2D eigenvalue weighted by Crippen LogP contribution is 2.32. The van der Waals surface area contributed by atoms with E-state index in [0.717, 1.165) is 16.7 Å². The number of hydrogen-bond donors (Lipinski definition) is 4. The lowest BCUT2D eigenvalue weighted by atomic mass is 9.91. The van der Waals surface area contributed by atoms with Crippen LogP contribution in [-0.4, -0.2) is 93.5 Å². The van der Waals surface area contributed by atoms with Crippen molar-refractivity contribution in [1.82, 2.24) is 20.4 Å². The van der Waals surface area contributed by atoms with Crippen LogP contribution in [-0.2, 0) is 27.2 Å². The van der Waals surface area contributed by atoms with E-state index >= 15 is 0 Å². The van der Waals surface area contributed by atoms with E-state index in [1.807, 2.05) is 80.3 Å². The molecule has 2 aromatic carbocycles. The topological polar surface area (TPSA) is 131 Å². The molecule has 10 heteroatoms. The summed E-state index contributed by atoms with van der Waals surface area (Å²) in [6.07, 6.45) is -1.09. The molecule has 4 rings (SSSR count). The van der Waals surface area contributed by atoms with Crippen molar-refractivity contribution in [3.8, 4) is 0 Å². The van der Waals surface area contributed by atoms with E-state index in [-0.39, 0.29) is 31.3 Å². The molecule has 5 unspecified atom stereocenters. The van der Waals surface area contributed by atoms with Crippen molar-refractivity contribution in [1.29, 1.82) is 0 Å². The Bertz CT molecular complexity index is 1320. The van der Waals surface area contributed by atoms with Gasteiger partial charge in [0.2, 0.25) is 11.8 Å². The Morgan fingerprint density at radius 3 is 2.31 bits per heavy atom. The molecule has 1 saturated heterocycles. The van der Waals surface area contributed by atoms with Gasteiger partial charge in [-0.1, -0.05) is 54.6 Å². The highest BCUT2D eigenvalue weighted by molar-refractivity contribution is 5.83. The maximum Gasteiger partial charge on any atom is 0.410 e. The fourth-order valence-corrected chi connectivity index (χ4v) is 6.11. The van der Waals surface area contributed by atoms with E-state index in [2.05, 4.69) is 10.6 Å². The van der Waals surface area contributed by atoms with Gasteiger partial charge in [0.05, 0.1) is 18.2 Å². The number of aliphatic hydroxyl groups is 2. The number of piperazine rings is 1. The number of ether oxygens (including phenoxy) is 1. The highest BCUT2D eigenvalue weighted by atomic mass is 16.6. The number of carbonyl (C=O) groups excluding carboxylic acids is 3. The van der Waals surface area contributed by atoms with Crippen LogP contribution in [0.15, 0.2) is 54.6 Å². The summed E-state index contributed by atoms with van der Waals surface area (Å²) >= 11 is 0. The minimum Gasteiger partial charge on any atom is -0.444 e. The SMILES string of the molecule is CC(C)(C)NC(=O)C1CN(C(=O)OC(C)(C)C)CCN1CC(O)CC(Cc1ccccc1)C(=O)NC1c2ccccc2CC1O. The lowest BCUT2D eigenvalue weighted by Crippen LogP contribution is -2.63. The molecule has 1 fully saturated rings. The predicted octanol–water partition coefficient (Wildman–Crippen LogP) is 3.21. The molecule has 3 amide bonds. The molecule has 10 nitrogen and oxygen atoms in total. The maximum absolute atomic E-state index is 13.8. The Balaban J connectivity index is 1.49. The van der Waals surface area contributed by atoms with Gasteiger partial charge in [-0.3, -0.25) is 14.5 Å². The van der Waals surface area contributed by atoms with Gasteiger partial charge in [0.1, 0.15) is 11.6 Å². The molecule has 0 aromatic heterocycles. The Hall–Kier alpha value is -3.47. The van der Waals surface area contributed by atoms with Crippen LogP contribution in [0.25, 0.3) is 0 Å². The third-order valence-corrected chi connectivity index (χ3v) is 8.14. The number of hydrogen-bond acceptors (Lipinski definition) is 7. The van der Waals surface area contributed by atoms with Gasteiger partial charge in [-0.2, -0.15) is 0 Å². The molecule has 1 aliphatic heterocycles. The summed E-state index contributed by atoms with van der Waals surface area (Å²) in [4.78, 5) is 43.5. The summed E-state index contributed by atoms with van der Waals surface area (Å²) < 4.78 is 5.57. The van der Waals surface area contributed by atoms with Gasteiger partial charge < -0.3 is 30.5 Å². The van der Waals surface area contributed by atoms with Crippen molar-refractivity contribution >= 4 is 17.9 Å². The van der Waals surface area contributed by atoms with Gasteiger partial charge in [0.25, 0.3) is 0 Å². The van der Waals surface area contributed by atoms with Gasteiger partial charge in [0.15, 0.2) is 0 Å². The number of fused-ring (bicyclic) bond motifs is 1. The standard InChI is InChI=1S/C35H50N4O6/c1-34(2,3)37-32(43)28-22-39(33(44)45-35(4,5)6)17-16-38(28)21-26(40)19-25(18-23-12-8-7-9-13-23)31(42)36-30-27-15-11-10-14-24(27)20-29(30)41/h7-15,25-26,28-30,40-41H,16-22H2,1-6H3,(H,36,42)(H,37,43). The van der Waals surface area contributed by atoms with Gasteiger partial charge in [0, 0.05) is 44.1 Å². The molecule has 45 heavy (non-hydrogen) atoms. The zero-order valence-electron chi connectivity index (χ0n) is 27.5. The zero-order valence-corrected chi connectivity index (χ0v) is 27.5. The summed E-state index contributed by atoms with van der Waals surface area (Å²) in [5.74, 6) is -1.06. The summed E-state index contributed by atoms with van der Waals surface area (Å²) in [5, 5.41) is 28.3. The van der Waals surface area contributed by atoms with Crippen LogP contribution in [0.2, 0.25) is 0 Å². The minimum atomic E-state index is -0.928. The first-order valence-electron chi connectivity index (χ1n) is 15.9. The van der Waals surface area contributed by atoms with E-state index in [1.54, 1.807) is 20.8 Å². The molecule has 2 aromatic rings. The summed E-state index contributed by atoms with van der Waals surface area (Å²) in [7, 11) is 0.